The first-order chi connectivity index (χ1) is 6.22. The van der Waals surface area contributed by atoms with Gasteiger partial charge in [-0.2, -0.15) is 12.8 Å². The third kappa shape index (κ3) is 22.4. The fraction of sp³-hybridized carbons (Fsp3) is 0.692. The minimum atomic E-state index is 0. The van der Waals surface area contributed by atoms with E-state index in [0.717, 1.165) is 5.92 Å². The van der Waals surface area contributed by atoms with Crippen LogP contribution in [0.5, 0.6) is 0 Å². The molecule has 1 saturated carbocycles. The average molecular weight is 441 g/mol. The molecule has 0 aromatic heterocycles. The molecule has 1 fully saturated rings. The number of hydrogen-bond acceptors (Lipinski definition) is 0. The average Bonchev–Trinajstić information content (AvgIpc) is 2.08. The molecule has 0 nitrogen and oxygen atoms in total. The molecule has 1 rings (SSSR count). The van der Waals surface area contributed by atoms with Crippen molar-refractivity contribution >= 4 is 0 Å². The van der Waals surface area contributed by atoms with Crippen molar-refractivity contribution < 1.29 is 0 Å². The summed E-state index contributed by atoms with van der Waals surface area (Å²) in [5.74, 6) is 0.980. The van der Waals surface area contributed by atoms with E-state index in [0.29, 0.717) is 0 Å². The maximum atomic E-state index is 3.25. The molecule has 1 atom stereocenters. The Kier molecular flexibility index (Phi) is 23.2. The van der Waals surface area contributed by atoms with E-state index in [1.807, 2.05) is 0 Å². The van der Waals surface area contributed by atoms with E-state index in [9.17, 15) is 0 Å². The van der Waals surface area contributed by atoms with Crippen molar-refractivity contribution in [3.8, 4) is 0 Å². The van der Waals surface area contributed by atoms with Gasteiger partial charge in [0.1, 0.15) is 0 Å². The van der Waals surface area contributed by atoms with Gasteiger partial charge in [-0.1, -0.05) is 46.0 Å². The summed E-state index contributed by atoms with van der Waals surface area (Å²) >= 11 is 0. The Morgan fingerprint density at radius 2 is 1.93 bits per heavy atom. The Morgan fingerprint density at radius 1 is 1.50 bits per heavy atom. The number of hydrogen-bond donors (Lipinski definition) is 0. The minimum absolute atomic E-state index is 0. The standard InChI is InChI=1S/C7H13.C3H8.C3H5.No/c1-7-5-3-2-4-6-7;2*1-3-2;/h3,7H,2,4-6H2,1H3;3H2,1-2H3;3H,1-2H2;/q-1;;-1;/t7-;;;/m0.../s1. The minimum Gasteiger partial charge on any atom is -0.328 e. The van der Waals surface area contributed by atoms with Crippen LogP contribution in [0.15, 0.2) is 12.7 Å². The first-order valence-electron chi connectivity index (χ1n) is 5.44. The van der Waals surface area contributed by atoms with Gasteiger partial charge in [-0.05, 0) is 0 Å². The van der Waals surface area contributed by atoms with Crippen LogP contribution in [0, 0.1) is 19.3 Å². The molecule has 0 radical (unpaired) electrons. The van der Waals surface area contributed by atoms with Gasteiger partial charge in [-0.3, -0.25) is 0 Å². The summed E-state index contributed by atoms with van der Waals surface area (Å²) in [6, 6.07) is 0. The summed E-state index contributed by atoms with van der Waals surface area (Å²) in [6.07, 6.45) is 10.8. The first-order valence-corrected chi connectivity index (χ1v) is 5.44. The van der Waals surface area contributed by atoms with Crippen LogP contribution in [0.4, 0.5) is 0 Å². The van der Waals surface area contributed by atoms with Crippen LogP contribution in [0.3, 0.4) is 0 Å². The van der Waals surface area contributed by atoms with Crippen molar-refractivity contribution in [3.63, 3.8) is 0 Å². The Labute approximate surface area is 85.4 Å². The maximum Gasteiger partial charge on any atom is 0 e. The molecular weight excluding hydrogens is 415 g/mol. The molecule has 0 N–H and O–H groups in total. The van der Waals surface area contributed by atoms with Crippen LogP contribution in [0.1, 0.15) is 52.9 Å². The van der Waals surface area contributed by atoms with Crippen LogP contribution in [0.2, 0.25) is 0 Å². The fourth-order valence-corrected chi connectivity index (χ4v) is 1.13. The molecule has 0 saturated heterocycles. The molecule has 1 aliphatic carbocycles. The van der Waals surface area contributed by atoms with Crippen LogP contribution in [0.25, 0.3) is 0 Å². The molecule has 0 aromatic rings. The van der Waals surface area contributed by atoms with E-state index in [2.05, 4.69) is 40.7 Å². The summed E-state index contributed by atoms with van der Waals surface area (Å²) < 4.78 is 0. The van der Waals surface area contributed by atoms with E-state index in [1.165, 1.54) is 38.2 Å². The molecule has 1 aliphatic rings. The van der Waals surface area contributed by atoms with Gasteiger partial charge >= 0.3 is 0 Å². The zero-order valence-corrected chi connectivity index (χ0v) is 12.2. The molecule has 0 heterocycles. The molecule has 0 aliphatic heterocycles. The Bertz CT molecular complexity index is 83.2. The second-order valence-corrected chi connectivity index (χ2v) is 3.56. The zero-order valence-electron chi connectivity index (χ0n) is 9.95. The van der Waals surface area contributed by atoms with Gasteiger partial charge in [0, 0.05) is 0 Å². The van der Waals surface area contributed by atoms with Crippen LogP contribution in [-0.2, 0) is 0 Å². The smallest absolute Gasteiger partial charge is 0 e. The predicted molar refractivity (Wildman–Crippen MR) is 63.5 cm³/mol. The van der Waals surface area contributed by atoms with Crippen molar-refractivity contribution in [1.29, 1.82) is 0 Å². The zero-order chi connectivity index (χ0) is 10.5. The van der Waals surface area contributed by atoms with Gasteiger partial charge in [0.15, 0.2) is 0 Å². The summed E-state index contributed by atoms with van der Waals surface area (Å²) in [5.41, 5.74) is 0. The molecule has 0 spiro atoms. The van der Waals surface area contributed by atoms with E-state index in [-0.39, 0.29) is 0 Å². The van der Waals surface area contributed by atoms with Crippen molar-refractivity contribution in [1.82, 2.24) is 0 Å². The second-order valence-electron chi connectivity index (χ2n) is 3.56. The summed E-state index contributed by atoms with van der Waals surface area (Å²) in [5, 5.41) is 0. The molecule has 1 heteroatoms. The number of allylic oxidation sites excluding steroid dienone is 1. The third-order valence-electron chi connectivity index (χ3n) is 1.67. The molecular formula is C13H26No-2. The van der Waals surface area contributed by atoms with Gasteiger partial charge in [0.25, 0.3) is 0 Å². The van der Waals surface area contributed by atoms with Gasteiger partial charge in [-0.25, -0.2) is 19.6 Å². The molecule has 0 amide bonds. The first kappa shape index (κ1) is 18.4. The van der Waals surface area contributed by atoms with E-state index >= 15 is 0 Å². The van der Waals surface area contributed by atoms with E-state index < -0.39 is 0 Å². The van der Waals surface area contributed by atoms with Crippen molar-refractivity contribution in [3.05, 3.63) is 26.0 Å². The number of rotatable bonds is 0. The monoisotopic (exact) mass is 441 g/mol. The summed E-state index contributed by atoms with van der Waals surface area (Å²) in [4.78, 5) is 0. The molecule has 0 bridgehead atoms. The van der Waals surface area contributed by atoms with E-state index in [4.69, 9.17) is 0 Å². The van der Waals surface area contributed by atoms with Gasteiger partial charge < -0.3 is 6.42 Å². The van der Waals surface area contributed by atoms with Gasteiger partial charge in [-0.15, -0.1) is 0 Å². The van der Waals surface area contributed by atoms with Crippen molar-refractivity contribution in [2.75, 3.05) is 0 Å². The van der Waals surface area contributed by atoms with Gasteiger partial charge in [0.05, 0.1) is 0 Å². The summed E-state index contributed by atoms with van der Waals surface area (Å²) in [7, 11) is 0. The van der Waals surface area contributed by atoms with Crippen LogP contribution < -0.4 is 0 Å². The molecule has 0 aromatic carbocycles. The molecule has 14 heavy (non-hydrogen) atoms. The topological polar surface area (TPSA) is 0 Å². The quantitative estimate of drug-likeness (QED) is 0.473. The molecule has 0 unspecified atom stereocenters. The summed E-state index contributed by atoms with van der Waals surface area (Å²) in [6.45, 7) is 13.1. The molecule has 94 valence electrons. The van der Waals surface area contributed by atoms with Crippen LogP contribution in [-0.4, -0.2) is 0 Å². The Hall–Kier alpha value is -1.39. The van der Waals surface area contributed by atoms with Crippen LogP contribution >= 0.6 is 0 Å². The predicted octanol–water partition coefficient (Wildman–Crippen LogP) is 4.82. The van der Waals surface area contributed by atoms with Crippen molar-refractivity contribution in [2.24, 2.45) is 5.92 Å². The van der Waals surface area contributed by atoms with E-state index in [1.54, 1.807) is 0 Å². The largest absolute Gasteiger partial charge is 0.328 e. The third-order valence-corrected chi connectivity index (χ3v) is 1.67. The van der Waals surface area contributed by atoms with Crippen molar-refractivity contribution in [2.45, 2.75) is 52.9 Å². The normalized spacial score (nSPS) is 18.6. The Morgan fingerprint density at radius 3 is 2.07 bits per heavy atom. The van der Waals surface area contributed by atoms with Gasteiger partial charge in [0.2, 0.25) is 0 Å². The second kappa shape index (κ2) is 17.6. The maximum absolute atomic E-state index is 3.25. The SMILES string of the molecule is C=C[CH2-].CCC.C[C@H]1C[CH-]CCC1.[No]. The fourth-order valence-electron chi connectivity index (χ4n) is 1.13. The Balaban J connectivity index is -0.000000150.